The highest BCUT2D eigenvalue weighted by atomic mass is 35.5. The van der Waals surface area contributed by atoms with Gasteiger partial charge in [-0.2, -0.15) is 4.98 Å². The van der Waals surface area contributed by atoms with Gasteiger partial charge in [0.15, 0.2) is 11.8 Å². The van der Waals surface area contributed by atoms with Crippen molar-refractivity contribution in [3.05, 3.63) is 40.9 Å². The number of ether oxygens (including phenoxy) is 4. The Hall–Kier alpha value is -2.92. The van der Waals surface area contributed by atoms with E-state index in [1.807, 2.05) is 19.1 Å². The Morgan fingerprint density at radius 3 is 2.66 bits per heavy atom. The number of aliphatic hydroxyl groups excluding tert-OH is 1. The lowest BCUT2D eigenvalue weighted by Crippen LogP contribution is -2.34. The lowest BCUT2D eigenvalue weighted by Gasteiger charge is -2.28. The van der Waals surface area contributed by atoms with Gasteiger partial charge in [-0.15, -0.1) is 0 Å². The second-order valence-corrected chi connectivity index (χ2v) is 10.5. The van der Waals surface area contributed by atoms with Crippen molar-refractivity contribution in [3.8, 4) is 17.3 Å². The van der Waals surface area contributed by atoms with Crippen LogP contribution in [0.2, 0.25) is 5.02 Å². The van der Waals surface area contributed by atoms with E-state index in [-0.39, 0.29) is 37.1 Å². The van der Waals surface area contributed by atoms with Crippen molar-refractivity contribution < 1.29 is 28.8 Å². The normalized spacial score (nSPS) is 28.8. The van der Waals surface area contributed by atoms with E-state index in [0.717, 1.165) is 31.2 Å². The van der Waals surface area contributed by atoms with Gasteiger partial charge in [0.25, 0.3) is 6.01 Å². The topological polar surface area (TPSA) is 128 Å². The number of amides is 1. The molecular formula is C27H31ClN4O6. The van der Waals surface area contributed by atoms with Crippen LogP contribution in [-0.2, 0) is 14.2 Å². The molecule has 3 N–H and O–H groups in total. The number of carbonyl (C=O) groups excluding carboxylic acids is 1. The van der Waals surface area contributed by atoms with E-state index in [1.54, 1.807) is 6.07 Å². The Kier molecular flexibility index (Phi) is 7.13. The molecule has 0 bridgehead atoms. The van der Waals surface area contributed by atoms with Crippen LogP contribution in [0.5, 0.6) is 6.01 Å². The zero-order valence-electron chi connectivity index (χ0n) is 21.1. The molecule has 0 spiro atoms. The first kappa shape index (κ1) is 25.4. The molecule has 2 aromatic heterocycles. The molecule has 6 rings (SSSR count). The van der Waals surface area contributed by atoms with Crippen molar-refractivity contribution in [2.75, 3.05) is 19.8 Å². The number of aromatic amines is 1. The number of pyridine rings is 1. The second kappa shape index (κ2) is 10.7. The second-order valence-electron chi connectivity index (χ2n) is 10.1. The van der Waals surface area contributed by atoms with Crippen LogP contribution in [0.3, 0.4) is 0 Å². The van der Waals surface area contributed by atoms with E-state index in [9.17, 15) is 9.90 Å². The summed E-state index contributed by atoms with van der Waals surface area (Å²) in [6, 6.07) is 10.4. The zero-order valence-corrected chi connectivity index (χ0v) is 21.8. The number of H-pyrrole nitrogens is 1. The number of halogens is 1. The molecule has 0 radical (unpaired) electrons. The van der Waals surface area contributed by atoms with Gasteiger partial charge in [0.2, 0.25) is 0 Å². The molecule has 1 saturated carbocycles. The maximum Gasteiger partial charge on any atom is 0.407 e. The van der Waals surface area contributed by atoms with Crippen molar-refractivity contribution in [1.29, 1.82) is 0 Å². The number of hydrogen-bond acceptors (Lipinski definition) is 8. The van der Waals surface area contributed by atoms with E-state index in [1.165, 1.54) is 5.56 Å². The average molecular weight is 543 g/mol. The highest BCUT2D eigenvalue weighted by Gasteiger charge is 2.48. The maximum atomic E-state index is 11.7. The van der Waals surface area contributed by atoms with Gasteiger partial charge in [-0.25, -0.2) is 9.78 Å². The van der Waals surface area contributed by atoms with Crippen LogP contribution in [0.25, 0.3) is 22.4 Å². The number of nitrogens with zero attached hydrogens (tertiary/aromatic N) is 2. The fraction of sp³-hybridized carbons (Fsp3) is 0.519. The largest absolute Gasteiger partial charge is 0.456 e. The molecule has 1 aromatic carbocycles. The first-order valence-electron chi connectivity index (χ1n) is 13.2. The van der Waals surface area contributed by atoms with Crippen LogP contribution in [-0.4, -0.2) is 76.4 Å². The van der Waals surface area contributed by atoms with Gasteiger partial charge < -0.3 is 34.4 Å². The van der Waals surface area contributed by atoms with Gasteiger partial charge in [0.05, 0.1) is 29.4 Å². The van der Waals surface area contributed by atoms with E-state index in [0.29, 0.717) is 47.0 Å². The van der Waals surface area contributed by atoms with E-state index in [4.69, 9.17) is 35.5 Å². The number of carbonyl (C=O) groups is 1. The minimum absolute atomic E-state index is 0.0190. The molecule has 1 amide bonds. The summed E-state index contributed by atoms with van der Waals surface area (Å²) in [7, 11) is 0. The molecule has 4 atom stereocenters. The van der Waals surface area contributed by atoms with Crippen LogP contribution < -0.4 is 10.1 Å². The lowest BCUT2D eigenvalue weighted by molar-refractivity contribution is 0.00706. The molecule has 3 aliphatic rings. The number of aromatic nitrogens is 3. The molecule has 38 heavy (non-hydrogen) atoms. The quantitative estimate of drug-likeness (QED) is 0.427. The summed E-state index contributed by atoms with van der Waals surface area (Å²) in [5, 5.41) is 13.1. The van der Waals surface area contributed by atoms with Crippen molar-refractivity contribution in [3.63, 3.8) is 0 Å². The van der Waals surface area contributed by atoms with Crippen molar-refractivity contribution in [1.82, 2.24) is 20.3 Å². The van der Waals surface area contributed by atoms with Gasteiger partial charge in [-0.05, 0) is 50.2 Å². The van der Waals surface area contributed by atoms with Gasteiger partial charge in [0.1, 0.15) is 24.4 Å². The standard InChI is InChI=1S/C27H31ClN4O6/c1-2-29-27(34)37-17-9-7-15(8-10-17)14-3-5-16(6-4-14)22-18(28)11-19-25(31-22)32-26(30-19)38-21-13-36-23-20(33)12-35-24(21)23/h3-6,11,15,17,20-21,23-24,33H,2,7-10,12-13H2,1H3,(H,29,34)(H,30,31,32). The first-order valence-corrected chi connectivity index (χ1v) is 13.5. The molecule has 10 nitrogen and oxygen atoms in total. The maximum absolute atomic E-state index is 11.7. The summed E-state index contributed by atoms with van der Waals surface area (Å²) in [6.07, 6.45) is 1.61. The summed E-state index contributed by atoms with van der Waals surface area (Å²) >= 11 is 6.61. The summed E-state index contributed by atoms with van der Waals surface area (Å²) in [6.45, 7) is 3.00. The minimum Gasteiger partial charge on any atom is -0.456 e. The summed E-state index contributed by atoms with van der Waals surface area (Å²) < 4.78 is 22.7. The van der Waals surface area contributed by atoms with Gasteiger partial charge in [-0.1, -0.05) is 35.9 Å². The summed E-state index contributed by atoms with van der Waals surface area (Å²) in [5.41, 5.74) is 3.97. The lowest BCUT2D eigenvalue weighted by atomic mass is 9.82. The van der Waals surface area contributed by atoms with Crippen LogP contribution in [0, 0.1) is 0 Å². The fourth-order valence-corrected chi connectivity index (χ4v) is 5.87. The van der Waals surface area contributed by atoms with Crippen LogP contribution in [0.4, 0.5) is 4.79 Å². The molecule has 2 saturated heterocycles. The Bertz CT molecular complexity index is 1290. The Balaban J connectivity index is 1.12. The van der Waals surface area contributed by atoms with Gasteiger partial charge in [0, 0.05) is 12.1 Å². The molecule has 4 heterocycles. The number of fused-ring (bicyclic) bond motifs is 2. The van der Waals surface area contributed by atoms with Crippen LogP contribution >= 0.6 is 11.6 Å². The SMILES string of the molecule is CCNC(=O)OC1CCC(c2ccc(-c3nc4nc(OC5COC6C(O)COC56)[nH]c4cc3Cl)cc2)CC1. The Labute approximate surface area is 225 Å². The molecule has 3 fully saturated rings. The number of aliphatic hydroxyl groups is 1. The fourth-order valence-electron chi connectivity index (χ4n) is 5.61. The molecule has 3 aromatic rings. The smallest absolute Gasteiger partial charge is 0.407 e. The number of rotatable bonds is 6. The number of nitrogens with one attached hydrogen (secondary N) is 2. The van der Waals surface area contributed by atoms with Crippen LogP contribution in [0.1, 0.15) is 44.1 Å². The molecule has 202 valence electrons. The minimum atomic E-state index is -0.637. The van der Waals surface area contributed by atoms with E-state index >= 15 is 0 Å². The Morgan fingerprint density at radius 2 is 1.89 bits per heavy atom. The number of hydrogen-bond donors (Lipinski definition) is 3. The summed E-state index contributed by atoms with van der Waals surface area (Å²) in [5.74, 6) is 0.430. The van der Waals surface area contributed by atoms with Crippen molar-refractivity contribution in [2.24, 2.45) is 0 Å². The van der Waals surface area contributed by atoms with E-state index < -0.39 is 6.10 Å². The number of imidazole rings is 1. The monoisotopic (exact) mass is 542 g/mol. The van der Waals surface area contributed by atoms with Crippen molar-refractivity contribution >= 4 is 28.9 Å². The molecule has 1 aliphatic carbocycles. The summed E-state index contributed by atoms with van der Waals surface area (Å²) in [4.78, 5) is 24.0. The average Bonchev–Trinajstić information content (AvgIpc) is 3.61. The first-order chi connectivity index (χ1) is 18.5. The Morgan fingerprint density at radius 1 is 1.13 bits per heavy atom. The third-order valence-electron chi connectivity index (χ3n) is 7.57. The number of benzene rings is 1. The van der Waals surface area contributed by atoms with E-state index in [2.05, 4.69) is 27.4 Å². The molecular weight excluding hydrogens is 512 g/mol. The molecule has 4 unspecified atom stereocenters. The molecule has 11 heteroatoms. The predicted octanol–water partition coefficient (Wildman–Crippen LogP) is 3.96. The van der Waals surface area contributed by atoms with Gasteiger partial charge in [-0.3, -0.25) is 0 Å². The number of alkyl carbamates (subject to hydrolysis) is 1. The third kappa shape index (κ3) is 5.05. The highest BCUT2D eigenvalue weighted by molar-refractivity contribution is 6.33. The highest BCUT2D eigenvalue weighted by Crippen LogP contribution is 2.36. The predicted molar refractivity (Wildman–Crippen MR) is 139 cm³/mol. The van der Waals surface area contributed by atoms with Gasteiger partial charge >= 0.3 is 6.09 Å². The zero-order chi connectivity index (χ0) is 26.2. The third-order valence-corrected chi connectivity index (χ3v) is 7.86. The molecule has 2 aliphatic heterocycles. The van der Waals surface area contributed by atoms with Crippen LogP contribution in [0.15, 0.2) is 30.3 Å². The van der Waals surface area contributed by atoms with Crippen molar-refractivity contribution in [2.45, 2.75) is 69.0 Å².